The Balaban J connectivity index is 1.49. The molecule has 29 heavy (non-hydrogen) atoms. The molecule has 0 bridgehead atoms. The van der Waals surface area contributed by atoms with Crippen molar-refractivity contribution in [2.45, 2.75) is 13.5 Å². The van der Waals surface area contributed by atoms with E-state index < -0.39 is 0 Å². The van der Waals surface area contributed by atoms with Gasteiger partial charge in [-0.3, -0.25) is 10.4 Å². The fourth-order valence-electron chi connectivity index (χ4n) is 3.89. The minimum atomic E-state index is 0.671. The molecule has 1 N–H and O–H groups in total. The molecule has 5 heteroatoms. The van der Waals surface area contributed by atoms with E-state index in [4.69, 9.17) is 11.6 Å². The van der Waals surface area contributed by atoms with E-state index in [0.29, 0.717) is 5.02 Å². The van der Waals surface area contributed by atoms with Gasteiger partial charge >= 0.3 is 0 Å². The number of benzene rings is 3. The topological polar surface area (TPSA) is 42.2 Å². The van der Waals surface area contributed by atoms with Crippen LogP contribution in [0, 0.1) is 0 Å². The van der Waals surface area contributed by atoms with Crippen molar-refractivity contribution in [2.24, 2.45) is 5.10 Å². The highest BCUT2D eigenvalue weighted by molar-refractivity contribution is 6.31. The molecule has 0 fully saturated rings. The van der Waals surface area contributed by atoms with Gasteiger partial charge in [-0.2, -0.15) is 5.10 Å². The highest BCUT2D eigenvalue weighted by Gasteiger charge is 2.09. The Morgan fingerprint density at radius 2 is 1.83 bits per heavy atom. The number of pyridine rings is 1. The number of aryl methyl sites for hydroxylation is 1. The normalized spacial score (nSPS) is 11.8. The summed E-state index contributed by atoms with van der Waals surface area (Å²) in [4.78, 5) is 4.36. The van der Waals surface area contributed by atoms with E-state index in [1.807, 2.05) is 30.5 Å². The maximum atomic E-state index is 6.07. The van der Waals surface area contributed by atoms with Gasteiger partial charge < -0.3 is 4.57 Å². The minimum Gasteiger partial charge on any atom is -0.341 e. The van der Waals surface area contributed by atoms with Crippen molar-refractivity contribution in [1.82, 2.24) is 9.55 Å². The Morgan fingerprint density at radius 1 is 0.966 bits per heavy atom. The number of aromatic nitrogens is 2. The van der Waals surface area contributed by atoms with Crippen LogP contribution in [0.1, 0.15) is 12.5 Å². The lowest BCUT2D eigenvalue weighted by molar-refractivity contribution is 0.827. The van der Waals surface area contributed by atoms with Crippen LogP contribution in [0.3, 0.4) is 0 Å². The van der Waals surface area contributed by atoms with Crippen molar-refractivity contribution in [2.75, 3.05) is 5.43 Å². The Labute approximate surface area is 173 Å². The maximum Gasteiger partial charge on any atom is 0.0738 e. The zero-order valence-electron chi connectivity index (χ0n) is 15.9. The molecular weight excluding hydrogens is 380 g/mol. The van der Waals surface area contributed by atoms with E-state index >= 15 is 0 Å². The largest absolute Gasteiger partial charge is 0.341 e. The van der Waals surface area contributed by atoms with Gasteiger partial charge in [0, 0.05) is 45.0 Å². The van der Waals surface area contributed by atoms with Gasteiger partial charge in [-0.05, 0) is 55.0 Å². The third-order valence-electron chi connectivity index (χ3n) is 5.22. The molecule has 0 spiro atoms. The van der Waals surface area contributed by atoms with Gasteiger partial charge in [-0.1, -0.05) is 35.9 Å². The molecule has 2 aromatic heterocycles. The van der Waals surface area contributed by atoms with Crippen molar-refractivity contribution in [3.63, 3.8) is 0 Å². The van der Waals surface area contributed by atoms with Crippen molar-refractivity contribution >= 4 is 56.2 Å². The van der Waals surface area contributed by atoms with Gasteiger partial charge in [-0.25, -0.2) is 0 Å². The summed E-state index contributed by atoms with van der Waals surface area (Å²) in [7, 11) is 0. The highest BCUT2D eigenvalue weighted by Crippen LogP contribution is 2.29. The molecule has 0 saturated carbocycles. The molecule has 0 saturated heterocycles. The average Bonchev–Trinajstić information content (AvgIpc) is 3.06. The Hall–Kier alpha value is -3.37. The van der Waals surface area contributed by atoms with E-state index in [1.165, 1.54) is 21.8 Å². The van der Waals surface area contributed by atoms with Crippen LogP contribution in [0.2, 0.25) is 5.02 Å². The first-order chi connectivity index (χ1) is 14.2. The smallest absolute Gasteiger partial charge is 0.0738 e. The summed E-state index contributed by atoms with van der Waals surface area (Å²) in [6.45, 7) is 3.12. The molecule has 0 atom stereocenters. The summed E-state index contributed by atoms with van der Waals surface area (Å²) < 4.78 is 2.35. The molecule has 4 nitrogen and oxygen atoms in total. The van der Waals surface area contributed by atoms with Crippen LogP contribution in [0.15, 0.2) is 78.0 Å². The summed E-state index contributed by atoms with van der Waals surface area (Å²) in [5.41, 5.74) is 8.43. The van der Waals surface area contributed by atoms with Crippen LogP contribution >= 0.6 is 11.6 Å². The van der Waals surface area contributed by atoms with E-state index in [1.54, 1.807) is 6.20 Å². The van der Waals surface area contributed by atoms with Crippen molar-refractivity contribution in [3.8, 4) is 0 Å². The molecule has 5 rings (SSSR count). The molecule has 5 aromatic rings. The van der Waals surface area contributed by atoms with Crippen molar-refractivity contribution in [3.05, 3.63) is 83.5 Å². The fourth-order valence-corrected chi connectivity index (χ4v) is 4.05. The molecule has 0 aliphatic heterocycles. The first-order valence-corrected chi connectivity index (χ1v) is 9.97. The summed E-state index contributed by atoms with van der Waals surface area (Å²) in [5.74, 6) is 0. The predicted octanol–water partition coefficient (Wildman–Crippen LogP) is 6.46. The lowest BCUT2D eigenvalue weighted by Gasteiger charge is -2.05. The second kappa shape index (κ2) is 7.22. The number of nitrogens with one attached hydrogen (secondary N) is 1. The second-order valence-electron chi connectivity index (χ2n) is 6.93. The Morgan fingerprint density at radius 3 is 2.72 bits per heavy atom. The fraction of sp³-hybridized carbons (Fsp3) is 0.0833. The quantitative estimate of drug-likeness (QED) is 0.279. The van der Waals surface area contributed by atoms with Gasteiger partial charge in [0.15, 0.2) is 0 Å². The summed E-state index contributed by atoms with van der Waals surface area (Å²) in [6.07, 6.45) is 3.60. The lowest BCUT2D eigenvalue weighted by Crippen LogP contribution is -1.94. The standard InChI is InChI=1S/C24H19ClN4/c1-2-29-23-6-4-3-5-18(23)20-13-16(7-10-24(20)29)15-27-28-21-11-12-26-22-14-17(25)8-9-19(21)22/h3-15H,2H2,1H3,(H,26,28)/b27-15+. The van der Waals surface area contributed by atoms with Gasteiger partial charge in [0.25, 0.3) is 0 Å². The number of fused-ring (bicyclic) bond motifs is 4. The Kier molecular flexibility index (Phi) is 4.41. The zero-order valence-corrected chi connectivity index (χ0v) is 16.7. The number of hydrogen-bond acceptors (Lipinski definition) is 3. The van der Waals surface area contributed by atoms with Gasteiger partial charge in [0.2, 0.25) is 0 Å². The van der Waals surface area contributed by atoms with Crippen LogP contribution in [0.5, 0.6) is 0 Å². The third-order valence-corrected chi connectivity index (χ3v) is 5.45. The number of hydrazone groups is 1. The molecule has 0 aliphatic carbocycles. The first kappa shape index (κ1) is 17.7. The minimum absolute atomic E-state index is 0.671. The molecule has 3 aromatic carbocycles. The number of halogens is 1. The average molecular weight is 399 g/mol. The molecule has 0 radical (unpaired) electrons. The van der Waals surface area contributed by atoms with Gasteiger partial charge in [0.05, 0.1) is 17.4 Å². The monoisotopic (exact) mass is 398 g/mol. The van der Waals surface area contributed by atoms with Crippen LogP contribution in [0.25, 0.3) is 32.7 Å². The maximum absolute atomic E-state index is 6.07. The number of nitrogens with zero attached hydrogens (tertiary/aromatic N) is 3. The second-order valence-corrected chi connectivity index (χ2v) is 7.36. The number of para-hydroxylation sites is 1. The zero-order chi connectivity index (χ0) is 19.8. The summed E-state index contributed by atoms with van der Waals surface area (Å²) in [6, 6.07) is 22.6. The molecule has 0 aliphatic rings. The van der Waals surface area contributed by atoms with Crippen molar-refractivity contribution < 1.29 is 0 Å². The number of anilines is 1. The third kappa shape index (κ3) is 3.12. The van der Waals surface area contributed by atoms with Crippen LogP contribution in [0.4, 0.5) is 5.69 Å². The SMILES string of the molecule is CCn1c2ccccc2c2cc(/C=N/Nc3ccnc4cc(Cl)ccc34)ccc21. The molecule has 142 valence electrons. The van der Waals surface area contributed by atoms with Crippen LogP contribution < -0.4 is 5.43 Å². The van der Waals surface area contributed by atoms with Crippen molar-refractivity contribution in [1.29, 1.82) is 0 Å². The first-order valence-electron chi connectivity index (χ1n) is 9.59. The Bertz CT molecular complexity index is 1380. The van der Waals surface area contributed by atoms with E-state index in [0.717, 1.165) is 28.7 Å². The number of rotatable bonds is 4. The lowest BCUT2D eigenvalue weighted by atomic mass is 10.1. The van der Waals surface area contributed by atoms with Crippen LogP contribution in [-0.2, 0) is 6.54 Å². The van der Waals surface area contributed by atoms with E-state index in [9.17, 15) is 0 Å². The van der Waals surface area contributed by atoms with Crippen LogP contribution in [-0.4, -0.2) is 15.8 Å². The predicted molar refractivity (Wildman–Crippen MR) is 123 cm³/mol. The number of hydrogen-bond donors (Lipinski definition) is 1. The summed E-state index contributed by atoms with van der Waals surface area (Å²) in [5, 5.41) is 8.62. The van der Waals surface area contributed by atoms with E-state index in [2.05, 4.69) is 69.5 Å². The summed E-state index contributed by atoms with van der Waals surface area (Å²) >= 11 is 6.07. The molecule has 0 unspecified atom stereocenters. The molecule has 2 heterocycles. The molecule has 0 amide bonds. The highest BCUT2D eigenvalue weighted by atomic mass is 35.5. The van der Waals surface area contributed by atoms with Gasteiger partial charge in [0.1, 0.15) is 0 Å². The van der Waals surface area contributed by atoms with E-state index in [-0.39, 0.29) is 0 Å². The van der Waals surface area contributed by atoms with Gasteiger partial charge in [-0.15, -0.1) is 0 Å². The molecular formula is C24H19ClN4.